The van der Waals surface area contributed by atoms with Crippen LogP contribution in [0.3, 0.4) is 0 Å². The molecule has 0 bridgehead atoms. The minimum Gasteiger partial charge on any atom is -0.370 e. The van der Waals surface area contributed by atoms with Crippen LogP contribution in [-0.2, 0) is 0 Å². The van der Waals surface area contributed by atoms with Crippen molar-refractivity contribution in [3.8, 4) is 0 Å². The molecule has 0 spiro atoms. The number of nitrogens with one attached hydrogen (secondary N) is 2. The summed E-state index contributed by atoms with van der Waals surface area (Å²) < 4.78 is 0.900. The van der Waals surface area contributed by atoms with Gasteiger partial charge >= 0.3 is 0 Å². The summed E-state index contributed by atoms with van der Waals surface area (Å²) in [6.45, 7) is 4.90. The number of benzene rings is 1. The van der Waals surface area contributed by atoms with Crippen molar-refractivity contribution < 1.29 is 4.79 Å². The Morgan fingerprint density at radius 1 is 1.33 bits per heavy atom. The number of amides is 1. The van der Waals surface area contributed by atoms with E-state index in [1.807, 2.05) is 25.1 Å². The molecule has 0 atom stereocenters. The molecule has 110 valence electrons. The molecule has 0 saturated carbocycles. The normalized spacial score (nSPS) is 10.2. The number of carbonyl (C=O) groups is 1. The van der Waals surface area contributed by atoms with Crippen molar-refractivity contribution in [1.29, 1.82) is 0 Å². The lowest BCUT2D eigenvalue weighted by molar-refractivity contribution is 0.102. The number of halogens is 1. The van der Waals surface area contributed by atoms with Crippen LogP contribution >= 0.6 is 15.9 Å². The fraction of sp³-hybridized carbons (Fsp3) is 0.250. The highest BCUT2D eigenvalue weighted by atomic mass is 79.9. The molecule has 1 aromatic heterocycles. The lowest BCUT2D eigenvalue weighted by Gasteiger charge is -2.10. The molecule has 5 heteroatoms. The Morgan fingerprint density at radius 2 is 2.14 bits per heavy atom. The van der Waals surface area contributed by atoms with Crippen molar-refractivity contribution >= 4 is 33.3 Å². The molecule has 0 unspecified atom stereocenters. The van der Waals surface area contributed by atoms with Gasteiger partial charge in [-0.3, -0.25) is 4.79 Å². The maximum atomic E-state index is 12.3. The van der Waals surface area contributed by atoms with Crippen LogP contribution in [0, 0.1) is 6.92 Å². The van der Waals surface area contributed by atoms with Gasteiger partial charge in [0, 0.05) is 22.8 Å². The van der Waals surface area contributed by atoms with Crippen molar-refractivity contribution in [3.05, 3.63) is 52.1 Å². The quantitative estimate of drug-likeness (QED) is 0.850. The van der Waals surface area contributed by atoms with Gasteiger partial charge in [0.25, 0.3) is 5.91 Å². The third-order valence-electron chi connectivity index (χ3n) is 3.02. The van der Waals surface area contributed by atoms with Crippen molar-refractivity contribution in [2.45, 2.75) is 20.3 Å². The van der Waals surface area contributed by atoms with Gasteiger partial charge in [-0.15, -0.1) is 0 Å². The maximum absolute atomic E-state index is 12.3. The van der Waals surface area contributed by atoms with E-state index in [4.69, 9.17) is 0 Å². The van der Waals surface area contributed by atoms with Crippen molar-refractivity contribution in [1.82, 2.24) is 4.98 Å². The van der Waals surface area contributed by atoms with Crippen LogP contribution in [0.5, 0.6) is 0 Å². The average molecular weight is 348 g/mol. The van der Waals surface area contributed by atoms with E-state index in [0.717, 1.165) is 28.7 Å². The molecule has 0 aliphatic rings. The Bertz CT molecular complexity index is 643. The molecule has 0 saturated heterocycles. The molecule has 4 nitrogen and oxygen atoms in total. The van der Waals surface area contributed by atoms with E-state index in [-0.39, 0.29) is 5.91 Å². The molecule has 21 heavy (non-hydrogen) atoms. The van der Waals surface area contributed by atoms with Crippen LogP contribution in [0.4, 0.5) is 11.5 Å². The molecular formula is C16H18BrN3O. The molecule has 1 amide bonds. The molecule has 2 aromatic rings. The molecule has 0 aliphatic carbocycles. The van der Waals surface area contributed by atoms with Gasteiger partial charge in [-0.05, 0) is 53.0 Å². The first kappa shape index (κ1) is 15.5. The third kappa shape index (κ3) is 4.04. The van der Waals surface area contributed by atoms with E-state index in [9.17, 15) is 4.79 Å². The van der Waals surface area contributed by atoms with Crippen LogP contribution in [0.25, 0.3) is 0 Å². The van der Waals surface area contributed by atoms with Gasteiger partial charge in [0.2, 0.25) is 0 Å². The minimum atomic E-state index is -0.150. The summed E-state index contributed by atoms with van der Waals surface area (Å²) in [4.78, 5) is 16.5. The summed E-state index contributed by atoms with van der Waals surface area (Å²) in [6, 6.07) is 9.23. The zero-order valence-electron chi connectivity index (χ0n) is 12.1. The Morgan fingerprint density at radius 3 is 2.90 bits per heavy atom. The van der Waals surface area contributed by atoms with E-state index in [0.29, 0.717) is 11.4 Å². The van der Waals surface area contributed by atoms with E-state index in [1.165, 1.54) is 0 Å². The predicted octanol–water partition coefficient (Wildman–Crippen LogP) is 4.23. The lowest BCUT2D eigenvalue weighted by atomic mass is 10.2. The second-order valence-electron chi connectivity index (χ2n) is 4.75. The third-order valence-corrected chi connectivity index (χ3v) is 4.07. The topological polar surface area (TPSA) is 54.0 Å². The minimum absolute atomic E-state index is 0.150. The fourth-order valence-electron chi connectivity index (χ4n) is 1.86. The predicted molar refractivity (Wildman–Crippen MR) is 89.8 cm³/mol. The number of aryl methyl sites for hydroxylation is 1. The number of aromatic nitrogens is 1. The molecule has 2 rings (SSSR count). The monoisotopic (exact) mass is 347 g/mol. The van der Waals surface area contributed by atoms with Crippen molar-refractivity contribution in [3.63, 3.8) is 0 Å². The summed E-state index contributed by atoms with van der Waals surface area (Å²) in [7, 11) is 0. The van der Waals surface area contributed by atoms with E-state index in [2.05, 4.69) is 38.5 Å². The SMILES string of the molecule is CCCNc1cc(C(=O)Nc2cccc(C)c2Br)ccn1. The summed E-state index contributed by atoms with van der Waals surface area (Å²) in [5.41, 5.74) is 2.42. The Kier molecular flexibility index (Phi) is 5.33. The van der Waals surface area contributed by atoms with Gasteiger partial charge in [0.05, 0.1) is 5.69 Å². The van der Waals surface area contributed by atoms with Crippen LogP contribution in [-0.4, -0.2) is 17.4 Å². The van der Waals surface area contributed by atoms with Crippen LogP contribution in [0.1, 0.15) is 29.3 Å². The van der Waals surface area contributed by atoms with Gasteiger partial charge in [-0.1, -0.05) is 19.1 Å². The summed E-state index contributed by atoms with van der Waals surface area (Å²) in [5.74, 6) is 0.566. The van der Waals surface area contributed by atoms with Gasteiger partial charge < -0.3 is 10.6 Å². The van der Waals surface area contributed by atoms with E-state index >= 15 is 0 Å². The molecular weight excluding hydrogens is 330 g/mol. The van der Waals surface area contributed by atoms with Crippen LogP contribution < -0.4 is 10.6 Å². The Hall–Kier alpha value is -1.88. The van der Waals surface area contributed by atoms with Gasteiger partial charge in [0.15, 0.2) is 0 Å². The highest BCUT2D eigenvalue weighted by Gasteiger charge is 2.10. The molecule has 0 fully saturated rings. The first-order valence-corrected chi connectivity index (χ1v) is 7.67. The number of rotatable bonds is 5. The van der Waals surface area contributed by atoms with Crippen LogP contribution in [0.2, 0.25) is 0 Å². The first-order valence-electron chi connectivity index (χ1n) is 6.88. The fourth-order valence-corrected chi connectivity index (χ4v) is 2.22. The number of pyridine rings is 1. The highest BCUT2D eigenvalue weighted by Crippen LogP contribution is 2.26. The van der Waals surface area contributed by atoms with Gasteiger partial charge in [-0.2, -0.15) is 0 Å². The smallest absolute Gasteiger partial charge is 0.255 e. The van der Waals surface area contributed by atoms with Crippen LogP contribution in [0.15, 0.2) is 41.0 Å². The largest absolute Gasteiger partial charge is 0.370 e. The number of carbonyl (C=O) groups excluding carboxylic acids is 1. The molecule has 2 N–H and O–H groups in total. The summed E-state index contributed by atoms with van der Waals surface area (Å²) in [6.07, 6.45) is 2.65. The van der Waals surface area contributed by atoms with Crippen molar-refractivity contribution in [2.24, 2.45) is 0 Å². The second kappa shape index (κ2) is 7.22. The average Bonchev–Trinajstić information content (AvgIpc) is 2.50. The Labute approximate surface area is 133 Å². The number of hydrogen-bond acceptors (Lipinski definition) is 3. The number of hydrogen-bond donors (Lipinski definition) is 2. The molecule has 1 heterocycles. The first-order chi connectivity index (χ1) is 10.1. The number of nitrogens with zero attached hydrogens (tertiary/aromatic N) is 1. The highest BCUT2D eigenvalue weighted by molar-refractivity contribution is 9.10. The summed E-state index contributed by atoms with van der Waals surface area (Å²) in [5, 5.41) is 6.08. The molecule has 0 aliphatic heterocycles. The number of anilines is 2. The summed E-state index contributed by atoms with van der Waals surface area (Å²) >= 11 is 3.49. The molecule has 1 aromatic carbocycles. The standard InChI is InChI=1S/C16H18BrN3O/c1-3-8-18-14-10-12(7-9-19-14)16(21)20-13-6-4-5-11(2)15(13)17/h4-7,9-10H,3,8H2,1-2H3,(H,18,19)(H,20,21). The molecule has 0 radical (unpaired) electrons. The lowest BCUT2D eigenvalue weighted by Crippen LogP contribution is -2.13. The van der Waals surface area contributed by atoms with E-state index in [1.54, 1.807) is 18.3 Å². The van der Waals surface area contributed by atoms with Gasteiger partial charge in [-0.25, -0.2) is 4.98 Å². The van der Waals surface area contributed by atoms with E-state index < -0.39 is 0 Å². The zero-order chi connectivity index (χ0) is 15.2. The van der Waals surface area contributed by atoms with Gasteiger partial charge in [0.1, 0.15) is 5.82 Å². The second-order valence-corrected chi connectivity index (χ2v) is 5.54. The van der Waals surface area contributed by atoms with Crippen molar-refractivity contribution in [2.75, 3.05) is 17.2 Å². The Balaban J connectivity index is 2.15. The zero-order valence-corrected chi connectivity index (χ0v) is 13.7. The maximum Gasteiger partial charge on any atom is 0.255 e.